The van der Waals surface area contributed by atoms with Gasteiger partial charge in [0.2, 0.25) is 0 Å². The Morgan fingerprint density at radius 3 is 3.07 bits per heavy atom. The predicted octanol–water partition coefficient (Wildman–Crippen LogP) is 0.957. The summed E-state index contributed by atoms with van der Waals surface area (Å²) in [4.78, 5) is 19.0. The van der Waals surface area contributed by atoms with Gasteiger partial charge in [-0.2, -0.15) is 5.10 Å². The summed E-state index contributed by atoms with van der Waals surface area (Å²) in [6.45, 7) is 0. The second-order valence-electron chi connectivity index (χ2n) is 2.65. The molecule has 0 saturated heterocycles. The third kappa shape index (κ3) is 2.29. The van der Waals surface area contributed by atoms with Gasteiger partial charge >= 0.3 is 0 Å². The number of aromatic amines is 1. The van der Waals surface area contributed by atoms with Crippen LogP contribution in [0.1, 0.15) is 0 Å². The van der Waals surface area contributed by atoms with Crippen LogP contribution in [0.5, 0.6) is 0 Å². The molecular weight excluding hydrogens is 218 g/mol. The fourth-order valence-corrected chi connectivity index (χ4v) is 1.13. The standard InChI is InChI=1S/C8H6ClN5O/c9-6-3-5(8(15)14-13-6)12-7-1-2-10-4-11-7/h1-4H,(H,14,15)(H,10,11,12,13). The molecule has 0 saturated carbocycles. The van der Waals surface area contributed by atoms with Gasteiger partial charge in [0.05, 0.1) is 0 Å². The lowest BCUT2D eigenvalue weighted by Crippen LogP contribution is -2.13. The van der Waals surface area contributed by atoms with Gasteiger partial charge in [-0.05, 0) is 6.07 Å². The van der Waals surface area contributed by atoms with Crippen molar-refractivity contribution in [3.63, 3.8) is 0 Å². The van der Waals surface area contributed by atoms with Crippen LogP contribution in [0.2, 0.25) is 5.15 Å². The molecule has 0 aliphatic rings. The minimum atomic E-state index is -0.363. The third-order valence-electron chi connectivity index (χ3n) is 1.62. The summed E-state index contributed by atoms with van der Waals surface area (Å²) in [7, 11) is 0. The Labute approximate surface area is 89.4 Å². The summed E-state index contributed by atoms with van der Waals surface area (Å²) in [5, 5.41) is 8.78. The number of anilines is 2. The SMILES string of the molecule is O=c1[nH]nc(Cl)cc1Nc1ccncn1. The van der Waals surface area contributed by atoms with Crippen LogP contribution in [0.15, 0.2) is 29.5 Å². The van der Waals surface area contributed by atoms with Gasteiger partial charge in [0, 0.05) is 12.3 Å². The molecular formula is C8H6ClN5O. The zero-order valence-corrected chi connectivity index (χ0v) is 8.19. The fourth-order valence-electron chi connectivity index (χ4n) is 0.977. The zero-order chi connectivity index (χ0) is 10.7. The van der Waals surface area contributed by atoms with Crippen molar-refractivity contribution < 1.29 is 0 Å². The van der Waals surface area contributed by atoms with Gasteiger partial charge in [0.25, 0.3) is 5.56 Å². The number of halogens is 1. The number of nitrogens with zero attached hydrogens (tertiary/aromatic N) is 3. The molecule has 0 fully saturated rings. The Morgan fingerprint density at radius 1 is 1.47 bits per heavy atom. The highest BCUT2D eigenvalue weighted by molar-refractivity contribution is 6.29. The summed E-state index contributed by atoms with van der Waals surface area (Å²) in [5.41, 5.74) is -0.0771. The van der Waals surface area contributed by atoms with E-state index in [1.54, 1.807) is 12.3 Å². The monoisotopic (exact) mass is 223 g/mol. The first kappa shape index (κ1) is 9.60. The summed E-state index contributed by atoms with van der Waals surface area (Å²) in [6, 6.07) is 3.05. The van der Waals surface area contributed by atoms with Gasteiger partial charge in [-0.15, -0.1) is 0 Å². The molecule has 2 aromatic rings. The summed E-state index contributed by atoms with van der Waals surface area (Å²) >= 11 is 5.63. The molecule has 7 heteroatoms. The molecule has 0 atom stereocenters. The maximum Gasteiger partial charge on any atom is 0.287 e. The van der Waals surface area contributed by atoms with Crippen molar-refractivity contribution in [3.8, 4) is 0 Å². The molecule has 0 aliphatic heterocycles. The molecule has 0 radical (unpaired) electrons. The third-order valence-corrected chi connectivity index (χ3v) is 1.81. The number of aromatic nitrogens is 4. The van der Waals surface area contributed by atoms with E-state index in [0.29, 0.717) is 5.82 Å². The molecule has 2 rings (SSSR count). The van der Waals surface area contributed by atoms with Gasteiger partial charge < -0.3 is 5.32 Å². The van der Waals surface area contributed by atoms with E-state index >= 15 is 0 Å². The maximum atomic E-state index is 11.3. The molecule has 15 heavy (non-hydrogen) atoms. The van der Waals surface area contributed by atoms with E-state index in [1.807, 2.05) is 0 Å². The van der Waals surface area contributed by atoms with Crippen LogP contribution in [-0.2, 0) is 0 Å². The fraction of sp³-hybridized carbons (Fsp3) is 0. The largest absolute Gasteiger partial charge is 0.336 e. The van der Waals surface area contributed by atoms with Crippen molar-refractivity contribution in [1.82, 2.24) is 20.2 Å². The van der Waals surface area contributed by atoms with Crippen LogP contribution >= 0.6 is 11.6 Å². The second kappa shape index (κ2) is 4.05. The number of hydrogen-bond acceptors (Lipinski definition) is 5. The topological polar surface area (TPSA) is 83.6 Å². The Hall–Kier alpha value is -1.95. The van der Waals surface area contributed by atoms with Gasteiger partial charge in [-0.25, -0.2) is 15.1 Å². The number of H-pyrrole nitrogens is 1. The van der Waals surface area contributed by atoms with E-state index in [2.05, 4.69) is 25.5 Å². The summed E-state index contributed by atoms with van der Waals surface area (Å²) in [5.74, 6) is 0.512. The summed E-state index contributed by atoms with van der Waals surface area (Å²) in [6.07, 6.45) is 2.94. The van der Waals surface area contributed by atoms with Crippen LogP contribution in [0.3, 0.4) is 0 Å². The van der Waals surface area contributed by atoms with Crippen LogP contribution in [0.25, 0.3) is 0 Å². The molecule has 2 N–H and O–H groups in total. The zero-order valence-electron chi connectivity index (χ0n) is 7.44. The number of hydrogen-bond donors (Lipinski definition) is 2. The predicted molar refractivity (Wildman–Crippen MR) is 55.2 cm³/mol. The number of nitrogens with one attached hydrogen (secondary N) is 2. The second-order valence-corrected chi connectivity index (χ2v) is 3.04. The van der Waals surface area contributed by atoms with Gasteiger partial charge in [-0.1, -0.05) is 11.6 Å². The lowest BCUT2D eigenvalue weighted by atomic mass is 10.4. The van der Waals surface area contributed by atoms with Gasteiger partial charge in [0.15, 0.2) is 5.15 Å². The first-order chi connectivity index (χ1) is 7.25. The molecule has 6 nitrogen and oxygen atoms in total. The average molecular weight is 224 g/mol. The summed E-state index contributed by atoms with van der Waals surface area (Å²) < 4.78 is 0. The molecule has 2 heterocycles. The van der Waals surface area contributed by atoms with Crippen molar-refractivity contribution in [1.29, 1.82) is 0 Å². The molecule has 0 aromatic carbocycles. The van der Waals surface area contributed by atoms with Gasteiger partial charge in [-0.3, -0.25) is 4.79 Å². The van der Waals surface area contributed by atoms with E-state index in [-0.39, 0.29) is 16.4 Å². The van der Waals surface area contributed by atoms with Crippen molar-refractivity contribution in [2.45, 2.75) is 0 Å². The molecule has 76 valence electrons. The minimum absolute atomic E-state index is 0.200. The highest BCUT2D eigenvalue weighted by Crippen LogP contribution is 2.10. The Morgan fingerprint density at radius 2 is 2.33 bits per heavy atom. The molecule has 0 unspecified atom stereocenters. The maximum absolute atomic E-state index is 11.3. The lowest BCUT2D eigenvalue weighted by Gasteiger charge is -2.02. The Bertz CT molecular complexity index is 512. The highest BCUT2D eigenvalue weighted by atomic mass is 35.5. The number of rotatable bonds is 2. The van der Waals surface area contributed by atoms with Crippen molar-refractivity contribution in [3.05, 3.63) is 40.2 Å². The lowest BCUT2D eigenvalue weighted by molar-refractivity contribution is 0.990. The van der Waals surface area contributed by atoms with E-state index in [4.69, 9.17) is 11.6 Å². The first-order valence-electron chi connectivity index (χ1n) is 4.04. The quantitative estimate of drug-likeness (QED) is 0.792. The minimum Gasteiger partial charge on any atom is -0.336 e. The van der Waals surface area contributed by atoms with E-state index < -0.39 is 0 Å². The van der Waals surface area contributed by atoms with Crippen molar-refractivity contribution in [2.24, 2.45) is 0 Å². The van der Waals surface area contributed by atoms with E-state index in [0.717, 1.165) is 0 Å². The van der Waals surface area contributed by atoms with Crippen LogP contribution < -0.4 is 10.9 Å². The van der Waals surface area contributed by atoms with E-state index in [1.165, 1.54) is 12.4 Å². The van der Waals surface area contributed by atoms with E-state index in [9.17, 15) is 4.79 Å². The molecule has 0 spiro atoms. The van der Waals surface area contributed by atoms with Crippen molar-refractivity contribution >= 4 is 23.1 Å². The molecule has 0 amide bonds. The Kier molecular flexibility index (Phi) is 2.59. The molecule has 2 aromatic heterocycles. The normalized spacial score (nSPS) is 9.93. The van der Waals surface area contributed by atoms with Crippen LogP contribution in [0, 0.1) is 0 Å². The molecule has 0 bridgehead atoms. The van der Waals surface area contributed by atoms with Crippen molar-refractivity contribution in [2.75, 3.05) is 5.32 Å². The first-order valence-corrected chi connectivity index (χ1v) is 4.42. The smallest absolute Gasteiger partial charge is 0.287 e. The van der Waals surface area contributed by atoms with Gasteiger partial charge in [0.1, 0.15) is 17.8 Å². The van der Waals surface area contributed by atoms with Crippen LogP contribution in [0.4, 0.5) is 11.5 Å². The Balaban J connectivity index is 2.32. The average Bonchev–Trinajstić information content (AvgIpc) is 2.25. The van der Waals surface area contributed by atoms with Crippen LogP contribution in [-0.4, -0.2) is 20.2 Å². The molecule has 0 aliphatic carbocycles. The highest BCUT2D eigenvalue weighted by Gasteiger charge is 2.02.